The van der Waals surface area contributed by atoms with Gasteiger partial charge in [0.25, 0.3) is 0 Å². The fraction of sp³-hybridized carbons (Fsp3) is 0.545. The Morgan fingerprint density at radius 2 is 2.11 bits per heavy atom. The Hall–Kier alpha value is -1.34. The minimum Gasteiger partial charge on any atom is -0.395 e. The minimum absolute atomic E-state index is 0.0406. The lowest BCUT2D eigenvalue weighted by atomic mass is 10.1. The highest BCUT2D eigenvalue weighted by molar-refractivity contribution is 5.48. The second-order valence-corrected chi connectivity index (χ2v) is 3.85. The third kappa shape index (κ3) is 4.15. The Balaban J connectivity index is 3.05. The third-order valence-corrected chi connectivity index (χ3v) is 2.31. The highest BCUT2D eigenvalue weighted by Gasteiger charge is 2.32. The van der Waals surface area contributed by atoms with Crippen LogP contribution < -0.4 is 4.90 Å². The maximum atomic E-state index is 12.4. The van der Waals surface area contributed by atoms with Gasteiger partial charge in [0.2, 0.25) is 0 Å². The van der Waals surface area contributed by atoms with Crippen molar-refractivity contribution in [3.63, 3.8) is 0 Å². The van der Waals surface area contributed by atoms with E-state index in [9.17, 15) is 18.3 Å². The van der Waals surface area contributed by atoms with E-state index in [1.807, 2.05) is 0 Å². The Bertz CT molecular complexity index is 383. The molecule has 0 fully saturated rings. The molecule has 1 aromatic rings. The highest BCUT2D eigenvalue weighted by atomic mass is 19.4. The van der Waals surface area contributed by atoms with Crippen LogP contribution in [-0.2, 0) is 0 Å². The number of aliphatic hydroxyl groups excluding tert-OH is 2. The molecule has 0 aliphatic heterocycles. The number of halogens is 3. The molecule has 0 amide bonds. The molecule has 1 atom stereocenters. The first-order valence-electron chi connectivity index (χ1n) is 5.40. The van der Waals surface area contributed by atoms with Crippen LogP contribution in [0.5, 0.6) is 0 Å². The van der Waals surface area contributed by atoms with Crippen LogP contribution in [0.15, 0.2) is 18.3 Å². The van der Waals surface area contributed by atoms with Crippen molar-refractivity contribution in [3.8, 4) is 0 Å². The maximum absolute atomic E-state index is 12.4. The van der Waals surface area contributed by atoms with E-state index in [-0.39, 0.29) is 12.4 Å². The molecule has 0 bridgehead atoms. The van der Waals surface area contributed by atoms with Crippen LogP contribution in [0.2, 0.25) is 0 Å². The van der Waals surface area contributed by atoms with Gasteiger partial charge in [-0.3, -0.25) is 0 Å². The van der Waals surface area contributed by atoms with Crippen LogP contribution in [0.3, 0.4) is 0 Å². The van der Waals surface area contributed by atoms with Crippen molar-refractivity contribution in [1.82, 2.24) is 4.98 Å². The lowest BCUT2D eigenvalue weighted by Crippen LogP contribution is -2.37. The van der Waals surface area contributed by atoms with Crippen molar-refractivity contribution in [2.24, 2.45) is 0 Å². The monoisotopic (exact) mass is 264 g/mol. The molecule has 0 spiro atoms. The van der Waals surface area contributed by atoms with E-state index < -0.39 is 25.4 Å². The number of alkyl halides is 3. The zero-order valence-electron chi connectivity index (χ0n) is 9.85. The average molecular weight is 264 g/mol. The SMILES string of the molecule is C[C@H](O)c1cccnc1N(CCO)CC(F)(F)F. The molecule has 102 valence electrons. The molecule has 7 heteroatoms. The van der Waals surface area contributed by atoms with E-state index in [4.69, 9.17) is 5.11 Å². The zero-order chi connectivity index (χ0) is 13.8. The molecule has 0 aliphatic rings. The van der Waals surface area contributed by atoms with Crippen molar-refractivity contribution in [1.29, 1.82) is 0 Å². The summed E-state index contributed by atoms with van der Waals surface area (Å²) in [5.41, 5.74) is 0.301. The molecule has 0 radical (unpaired) electrons. The van der Waals surface area contributed by atoms with Gasteiger partial charge in [-0.1, -0.05) is 6.07 Å². The van der Waals surface area contributed by atoms with Gasteiger partial charge in [0.15, 0.2) is 0 Å². The molecule has 0 saturated heterocycles. The predicted octanol–water partition coefficient (Wildman–Crippen LogP) is 1.50. The Morgan fingerprint density at radius 3 is 2.61 bits per heavy atom. The molecule has 1 aromatic heterocycles. The van der Waals surface area contributed by atoms with E-state index in [2.05, 4.69) is 4.98 Å². The van der Waals surface area contributed by atoms with Gasteiger partial charge in [0, 0.05) is 18.3 Å². The summed E-state index contributed by atoms with van der Waals surface area (Å²) in [6.07, 6.45) is -3.98. The van der Waals surface area contributed by atoms with Crippen LogP contribution in [0.4, 0.5) is 19.0 Å². The first-order chi connectivity index (χ1) is 8.35. The number of hydrogen-bond donors (Lipinski definition) is 2. The second kappa shape index (κ2) is 6.01. The van der Waals surface area contributed by atoms with Crippen LogP contribution in [0.1, 0.15) is 18.6 Å². The van der Waals surface area contributed by atoms with E-state index >= 15 is 0 Å². The normalized spacial score (nSPS) is 13.4. The summed E-state index contributed by atoms with van der Waals surface area (Å²) in [5.74, 6) is 0.0406. The molecule has 4 nitrogen and oxygen atoms in total. The smallest absolute Gasteiger partial charge is 0.395 e. The summed E-state index contributed by atoms with van der Waals surface area (Å²) in [5, 5.41) is 18.3. The predicted molar refractivity (Wildman–Crippen MR) is 60.2 cm³/mol. The summed E-state index contributed by atoms with van der Waals surface area (Å²) in [6.45, 7) is -0.391. The zero-order valence-corrected chi connectivity index (χ0v) is 9.85. The first-order valence-corrected chi connectivity index (χ1v) is 5.40. The fourth-order valence-corrected chi connectivity index (χ4v) is 1.60. The lowest BCUT2D eigenvalue weighted by Gasteiger charge is -2.26. The number of rotatable bonds is 5. The van der Waals surface area contributed by atoms with E-state index in [1.54, 1.807) is 0 Å². The Labute approximate surface area is 103 Å². The molecule has 1 heterocycles. The molecule has 0 aromatic carbocycles. The molecular formula is C11H15F3N2O2. The standard InChI is InChI=1S/C11H15F3N2O2/c1-8(18)9-3-2-4-15-10(9)16(5-6-17)7-11(12,13)14/h2-4,8,17-18H,5-7H2,1H3/t8-/m0/s1. The molecule has 0 saturated carbocycles. The number of anilines is 1. The first kappa shape index (κ1) is 14.7. The largest absolute Gasteiger partial charge is 0.405 e. The number of aliphatic hydroxyl groups is 2. The lowest BCUT2D eigenvalue weighted by molar-refractivity contribution is -0.120. The molecule has 18 heavy (non-hydrogen) atoms. The van der Waals surface area contributed by atoms with Crippen LogP contribution in [0.25, 0.3) is 0 Å². The number of nitrogens with zero attached hydrogens (tertiary/aromatic N) is 2. The van der Waals surface area contributed by atoms with Crippen LogP contribution in [-0.4, -0.2) is 41.1 Å². The number of hydrogen-bond acceptors (Lipinski definition) is 4. The van der Waals surface area contributed by atoms with Gasteiger partial charge in [-0.25, -0.2) is 4.98 Å². The number of pyridine rings is 1. The summed E-state index contributed by atoms with van der Waals surface area (Å²) in [6, 6.07) is 3.05. The van der Waals surface area contributed by atoms with Gasteiger partial charge in [-0.05, 0) is 13.0 Å². The fourth-order valence-electron chi connectivity index (χ4n) is 1.60. The van der Waals surface area contributed by atoms with Gasteiger partial charge in [0.1, 0.15) is 12.4 Å². The third-order valence-electron chi connectivity index (χ3n) is 2.31. The van der Waals surface area contributed by atoms with Crippen molar-refractivity contribution in [2.45, 2.75) is 19.2 Å². The summed E-state index contributed by atoms with van der Waals surface area (Å²) in [7, 11) is 0. The highest BCUT2D eigenvalue weighted by Crippen LogP contribution is 2.26. The van der Waals surface area contributed by atoms with E-state index in [0.29, 0.717) is 5.56 Å². The quantitative estimate of drug-likeness (QED) is 0.846. The van der Waals surface area contributed by atoms with Gasteiger partial charge in [-0.2, -0.15) is 13.2 Å². The topological polar surface area (TPSA) is 56.6 Å². The minimum atomic E-state index is -4.40. The summed E-state index contributed by atoms with van der Waals surface area (Å²) >= 11 is 0. The molecule has 2 N–H and O–H groups in total. The Kier molecular flexibility index (Phi) is 4.92. The van der Waals surface area contributed by atoms with Crippen molar-refractivity contribution >= 4 is 5.82 Å². The van der Waals surface area contributed by atoms with E-state index in [1.165, 1.54) is 25.3 Å². The van der Waals surface area contributed by atoms with Gasteiger partial charge in [0.05, 0.1) is 12.7 Å². The van der Waals surface area contributed by atoms with Crippen LogP contribution >= 0.6 is 0 Å². The summed E-state index contributed by atoms with van der Waals surface area (Å²) in [4.78, 5) is 4.76. The second-order valence-electron chi connectivity index (χ2n) is 3.85. The number of aromatic nitrogens is 1. The maximum Gasteiger partial charge on any atom is 0.405 e. The van der Waals surface area contributed by atoms with Crippen LogP contribution in [0, 0.1) is 0 Å². The summed E-state index contributed by atoms with van der Waals surface area (Å²) < 4.78 is 37.3. The van der Waals surface area contributed by atoms with Crippen molar-refractivity contribution in [3.05, 3.63) is 23.9 Å². The molecule has 1 rings (SSSR count). The van der Waals surface area contributed by atoms with Gasteiger partial charge in [-0.15, -0.1) is 0 Å². The molecule has 0 aliphatic carbocycles. The molecular weight excluding hydrogens is 249 g/mol. The van der Waals surface area contributed by atoms with Gasteiger partial charge >= 0.3 is 6.18 Å². The molecule has 0 unspecified atom stereocenters. The average Bonchev–Trinajstić information content (AvgIpc) is 2.26. The van der Waals surface area contributed by atoms with E-state index in [0.717, 1.165) is 4.90 Å². The van der Waals surface area contributed by atoms with Gasteiger partial charge < -0.3 is 15.1 Å². The Morgan fingerprint density at radius 1 is 1.44 bits per heavy atom. The van der Waals surface area contributed by atoms with Crippen molar-refractivity contribution in [2.75, 3.05) is 24.6 Å². The van der Waals surface area contributed by atoms with Crippen molar-refractivity contribution < 1.29 is 23.4 Å².